The number of hydrogen-bond acceptors (Lipinski definition) is 5. The van der Waals surface area contributed by atoms with Gasteiger partial charge >= 0.3 is 6.18 Å². The van der Waals surface area contributed by atoms with Crippen LogP contribution in [0.2, 0.25) is 0 Å². The van der Waals surface area contributed by atoms with E-state index >= 15 is 0 Å². The summed E-state index contributed by atoms with van der Waals surface area (Å²) in [4.78, 5) is 19.0. The highest BCUT2D eigenvalue weighted by molar-refractivity contribution is 7.15. The van der Waals surface area contributed by atoms with Crippen LogP contribution in [0.3, 0.4) is 0 Å². The maximum atomic E-state index is 12.6. The third kappa shape index (κ3) is 3.89. The molecule has 1 N–H and O–H groups in total. The van der Waals surface area contributed by atoms with Gasteiger partial charge in [0.05, 0.1) is 11.1 Å². The van der Waals surface area contributed by atoms with Crippen molar-refractivity contribution >= 4 is 33.7 Å². The van der Waals surface area contributed by atoms with E-state index < -0.39 is 11.1 Å². The lowest BCUT2D eigenvalue weighted by Crippen LogP contribution is -2.44. The van der Waals surface area contributed by atoms with Crippen molar-refractivity contribution in [2.45, 2.75) is 32.0 Å². The molecule has 130 valence electrons. The number of piperidine rings is 1. The second-order valence-corrected chi connectivity index (χ2v) is 7.95. The first-order chi connectivity index (χ1) is 11.3. The molecule has 3 rings (SSSR count). The van der Waals surface area contributed by atoms with Gasteiger partial charge in [-0.1, -0.05) is 11.3 Å². The first-order valence-corrected chi connectivity index (χ1v) is 9.11. The minimum absolute atomic E-state index is 0.0400. The van der Waals surface area contributed by atoms with E-state index in [0.29, 0.717) is 47.3 Å². The van der Waals surface area contributed by atoms with Gasteiger partial charge in [0.15, 0.2) is 5.13 Å². The van der Waals surface area contributed by atoms with Crippen LogP contribution < -0.4 is 10.2 Å². The summed E-state index contributed by atoms with van der Waals surface area (Å²) in [5, 5.41) is 3.39. The maximum Gasteiger partial charge on any atom is 0.427 e. The van der Waals surface area contributed by atoms with Gasteiger partial charge in [-0.25, -0.2) is 4.98 Å². The van der Waals surface area contributed by atoms with E-state index in [1.165, 1.54) is 11.3 Å². The van der Waals surface area contributed by atoms with Crippen LogP contribution in [-0.2, 0) is 6.18 Å². The molecule has 24 heavy (non-hydrogen) atoms. The van der Waals surface area contributed by atoms with Crippen molar-refractivity contribution in [3.05, 3.63) is 33.0 Å². The van der Waals surface area contributed by atoms with Gasteiger partial charge in [0.2, 0.25) is 0 Å². The number of aromatic nitrogens is 1. The molecule has 4 nitrogen and oxygen atoms in total. The Kier molecular flexibility index (Phi) is 4.82. The lowest BCUT2D eigenvalue weighted by molar-refractivity contribution is -0.134. The summed E-state index contributed by atoms with van der Waals surface area (Å²) >= 11 is 2.11. The fourth-order valence-electron chi connectivity index (χ4n) is 2.57. The molecule has 2 aromatic heterocycles. The van der Waals surface area contributed by atoms with E-state index in [9.17, 15) is 18.0 Å². The van der Waals surface area contributed by atoms with Gasteiger partial charge < -0.3 is 10.2 Å². The minimum atomic E-state index is -4.35. The van der Waals surface area contributed by atoms with Crippen molar-refractivity contribution in [3.8, 4) is 0 Å². The zero-order chi connectivity index (χ0) is 17.3. The number of alkyl halides is 3. The number of nitrogens with one attached hydrogen (secondary N) is 1. The molecule has 1 aliphatic heterocycles. The summed E-state index contributed by atoms with van der Waals surface area (Å²) in [5.74, 6) is -0.0832. The molecule has 0 saturated carbocycles. The average Bonchev–Trinajstić information content (AvgIpc) is 3.16. The smallest absolute Gasteiger partial charge is 0.348 e. The molecule has 0 spiro atoms. The average molecular weight is 375 g/mol. The number of thiophene rings is 1. The molecule has 0 aliphatic carbocycles. The van der Waals surface area contributed by atoms with Crippen LogP contribution in [0, 0.1) is 6.92 Å². The highest BCUT2D eigenvalue weighted by Gasteiger charge is 2.34. The largest absolute Gasteiger partial charge is 0.427 e. The lowest BCUT2D eigenvalue weighted by atomic mass is 10.1. The van der Waals surface area contributed by atoms with Crippen molar-refractivity contribution in [1.29, 1.82) is 0 Å². The fourth-order valence-corrected chi connectivity index (χ4v) is 4.18. The predicted octanol–water partition coefficient (Wildman–Crippen LogP) is 3.93. The lowest BCUT2D eigenvalue weighted by Gasteiger charge is -2.32. The number of thiazole rings is 1. The SMILES string of the molecule is Cc1ccc(C(=O)NC2CCN(c3ncc(C(F)(F)F)s3)CC2)s1. The molecule has 0 atom stereocenters. The summed E-state index contributed by atoms with van der Waals surface area (Å²) in [5.41, 5.74) is 0. The number of rotatable bonds is 3. The van der Waals surface area contributed by atoms with Crippen LogP contribution in [0.5, 0.6) is 0 Å². The van der Waals surface area contributed by atoms with Gasteiger partial charge in [-0.15, -0.1) is 11.3 Å². The van der Waals surface area contributed by atoms with Crippen LogP contribution in [0.4, 0.5) is 18.3 Å². The van der Waals surface area contributed by atoms with Gasteiger partial charge in [-0.2, -0.15) is 13.2 Å². The van der Waals surface area contributed by atoms with Gasteiger partial charge in [0, 0.05) is 24.0 Å². The number of carbonyl (C=O) groups is 1. The van der Waals surface area contributed by atoms with E-state index in [1.807, 2.05) is 17.9 Å². The molecule has 1 aliphatic rings. The molecular weight excluding hydrogens is 359 g/mol. The van der Waals surface area contributed by atoms with Crippen LogP contribution in [-0.4, -0.2) is 30.0 Å². The van der Waals surface area contributed by atoms with E-state index in [2.05, 4.69) is 10.3 Å². The standard InChI is InChI=1S/C15H16F3N3OS2/c1-9-2-3-11(23-9)13(22)20-10-4-6-21(7-5-10)14-19-8-12(24-14)15(16,17)18/h2-3,8,10H,4-7H2,1H3,(H,20,22). The molecule has 0 aromatic carbocycles. The Morgan fingerprint density at radius 1 is 1.29 bits per heavy atom. The summed E-state index contributed by atoms with van der Waals surface area (Å²) in [6.45, 7) is 3.11. The van der Waals surface area contributed by atoms with Crippen molar-refractivity contribution in [3.63, 3.8) is 0 Å². The number of aryl methyl sites for hydroxylation is 1. The quantitative estimate of drug-likeness (QED) is 0.884. The molecule has 0 bridgehead atoms. The molecule has 1 saturated heterocycles. The van der Waals surface area contributed by atoms with E-state index in [4.69, 9.17) is 0 Å². The molecule has 0 unspecified atom stereocenters. The Hall–Kier alpha value is -1.61. The highest BCUT2D eigenvalue weighted by Crippen LogP contribution is 2.36. The molecule has 9 heteroatoms. The van der Waals surface area contributed by atoms with Crippen LogP contribution in [0.1, 0.15) is 32.3 Å². The van der Waals surface area contributed by atoms with E-state index in [-0.39, 0.29) is 11.9 Å². The number of halogens is 3. The van der Waals surface area contributed by atoms with Crippen molar-refractivity contribution in [2.24, 2.45) is 0 Å². The Balaban J connectivity index is 1.54. The highest BCUT2D eigenvalue weighted by atomic mass is 32.1. The maximum absolute atomic E-state index is 12.6. The fraction of sp³-hybridized carbons (Fsp3) is 0.467. The topological polar surface area (TPSA) is 45.2 Å². The monoisotopic (exact) mass is 375 g/mol. The number of carbonyl (C=O) groups excluding carboxylic acids is 1. The van der Waals surface area contributed by atoms with Crippen LogP contribution in [0.15, 0.2) is 18.3 Å². The molecule has 3 heterocycles. The van der Waals surface area contributed by atoms with Gasteiger partial charge in [0.1, 0.15) is 4.88 Å². The van der Waals surface area contributed by atoms with Gasteiger partial charge in [-0.3, -0.25) is 4.79 Å². The summed E-state index contributed by atoms with van der Waals surface area (Å²) < 4.78 is 37.9. The van der Waals surface area contributed by atoms with Crippen molar-refractivity contribution in [2.75, 3.05) is 18.0 Å². The summed E-state index contributed by atoms with van der Waals surface area (Å²) in [6, 6.07) is 3.75. The Labute approximate surface area is 145 Å². The molecule has 1 amide bonds. The zero-order valence-corrected chi connectivity index (χ0v) is 14.5. The van der Waals surface area contributed by atoms with E-state index in [0.717, 1.165) is 11.1 Å². The number of anilines is 1. The Morgan fingerprint density at radius 3 is 2.54 bits per heavy atom. The van der Waals surface area contributed by atoms with Crippen LogP contribution >= 0.6 is 22.7 Å². The first-order valence-electron chi connectivity index (χ1n) is 7.48. The predicted molar refractivity (Wildman–Crippen MR) is 88.9 cm³/mol. The van der Waals surface area contributed by atoms with E-state index in [1.54, 1.807) is 6.07 Å². The molecular formula is C15H16F3N3OS2. The minimum Gasteiger partial charge on any atom is -0.348 e. The second-order valence-electron chi connectivity index (χ2n) is 5.65. The van der Waals surface area contributed by atoms with Crippen LogP contribution in [0.25, 0.3) is 0 Å². The third-order valence-corrected chi connectivity index (χ3v) is 5.94. The first kappa shape index (κ1) is 17.2. The van der Waals surface area contributed by atoms with Crippen molar-refractivity contribution < 1.29 is 18.0 Å². The number of hydrogen-bond donors (Lipinski definition) is 1. The molecule has 1 fully saturated rings. The number of amides is 1. The second kappa shape index (κ2) is 6.72. The van der Waals surface area contributed by atoms with Crippen molar-refractivity contribution in [1.82, 2.24) is 10.3 Å². The summed E-state index contributed by atoms with van der Waals surface area (Å²) in [6.07, 6.45) is -2.08. The third-order valence-electron chi connectivity index (χ3n) is 3.84. The zero-order valence-electron chi connectivity index (χ0n) is 12.9. The van der Waals surface area contributed by atoms with Gasteiger partial charge in [0.25, 0.3) is 5.91 Å². The number of nitrogens with zero attached hydrogens (tertiary/aromatic N) is 2. The Morgan fingerprint density at radius 2 is 2.00 bits per heavy atom. The molecule has 2 aromatic rings. The van der Waals surface area contributed by atoms with Gasteiger partial charge in [-0.05, 0) is 31.9 Å². The normalized spacial score (nSPS) is 16.4. The Bertz CT molecular complexity index is 718. The summed E-state index contributed by atoms with van der Waals surface area (Å²) in [7, 11) is 0. The molecule has 0 radical (unpaired) electrons.